The number of amides is 1. The molecule has 0 aliphatic heterocycles. The molecule has 156 valence electrons. The molecule has 0 heterocycles. The van der Waals surface area contributed by atoms with Gasteiger partial charge in [0, 0.05) is 31.5 Å². The van der Waals surface area contributed by atoms with Gasteiger partial charge in [-0.05, 0) is 54.5 Å². The van der Waals surface area contributed by atoms with Crippen molar-refractivity contribution < 1.29 is 14.3 Å². The van der Waals surface area contributed by atoms with Crippen LogP contribution >= 0.6 is 0 Å². The number of anilines is 2. The summed E-state index contributed by atoms with van der Waals surface area (Å²) >= 11 is 0. The van der Waals surface area contributed by atoms with E-state index in [-0.39, 0.29) is 5.91 Å². The molecule has 0 saturated heterocycles. The average molecular weight is 397 g/mol. The molecule has 5 nitrogen and oxygen atoms in total. The maximum atomic E-state index is 12.2. The molecule has 0 aliphatic rings. The molecule has 1 amide bonds. The third-order valence-electron chi connectivity index (χ3n) is 4.52. The number of nitrogens with one attached hydrogen (secondary N) is 1. The highest BCUT2D eigenvalue weighted by atomic mass is 16.5. The summed E-state index contributed by atoms with van der Waals surface area (Å²) in [4.78, 5) is 14.2. The van der Waals surface area contributed by atoms with Crippen molar-refractivity contribution in [3.63, 3.8) is 0 Å². The smallest absolute Gasteiger partial charge is 0.248 e. The Labute approximate surface area is 174 Å². The number of benzene rings is 2. The van der Waals surface area contributed by atoms with E-state index in [1.54, 1.807) is 13.2 Å². The number of nitrogens with zero attached hydrogens (tertiary/aromatic N) is 1. The van der Waals surface area contributed by atoms with Gasteiger partial charge in [0.15, 0.2) is 11.5 Å². The van der Waals surface area contributed by atoms with E-state index in [1.807, 2.05) is 61.5 Å². The van der Waals surface area contributed by atoms with Crippen molar-refractivity contribution in [2.24, 2.45) is 0 Å². The summed E-state index contributed by atoms with van der Waals surface area (Å²) in [5.41, 5.74) is 2.71. The Balaban J connectivity index is 1.92. The van der Waals surface area contributed by atoms with E-state index in [1.165, 1.54) is 25.3 Å². The van der Waals surface area contributed by atoms with E-state index < -0.39 is 0 Å². The highest BCUT2D eigenvalue weighted by Gasteiger charge is 2.05. The number of hydrogen-bond acceptors (Lipinski definition) is 4. The molecule has 29 heavy (non-hydrogen) atoms. The number of rotatable bonds is 11. The zero-order valence-corrected chi connectivity index (χ0v) is 17.9. The van der Waals surface area contributed by atoms with Gasteiger partial charge in [-0.3, -0.25) is 4.79 Å². The molecule has 0 unspecified atom stereocenters. The van der Waals surface area contributed by atoms with Gasteiger partial charge in [-0.2, -0.15) is 0 Å². The normalized spacial score (nSPS) is 10.8. The molecule has 0 saturated carbocycles. The maximum absolute atomic E-state index is 12.2. The Bertz CT molecular complexity index is 798. The van der Waals surface area contributed by atoms with E-state index in [0.717, 1.165) is 29.1 Å². The Kier molecular flexibility index (Phi) is 9.09. The number of carbonyl (C=O) groups excluding carboxylic acids is 1. The highest BCUT2D eigenvalue weighted by Crippen LogP contribution is 2.29. The summed E-state index contributed by atoms with van der Waals surface area (Å²) in [7, 11) is 5.58. The molecule has 2 rings (SSSR count). The van der Waals surface area contributed by atoms with Crippen molar-refractivity contribution in [1.29, 1.82) is 0 Å². The molecule has 0 spiro atoms. The summed E-state index contributed by atoms with van der Waals surface area (Å²) in [6, 6.07) is 13.4. The molecular formula is C24H32N2O3. The molecule has 0 aromatic heterocycles. The number of carbonyl (C=O) groups is 1. The first-order chi connectivity index (χ1) is 14.0. The van der Waals surface area contributed by atoms with Crippen LogP contribution in [0.1, 0.15) is 38.2 Å². The highest BCUT2D eigenvalue weighted by molar-refractivity contribution is 6.02. The fourth-order valence-electron chi connectivity index (χ4n) is 2.82. The summed E-state index contributed by atoms with van der Waals surface area (Å²) < 4.78 is 11.3. The van der Waals surface area contributed by atoms with E-state index in [0.29, 0.717) is 12.4 Å². The fraction of sp³-hybridized carbons (Fsp3) is 0.375. The van der Waals surface area contributed by atoms with Crippen molar-refractivity contribution in [3.8, 4) is 11.5 Å². The van der Waals surface area contributed by atoms with Gasteiger partial charge in [-0.25, -0.2) is 0 Å². The standard InChI is InChI=1S/C24H32N2O3/c1-5-6-7-8-17-29-22-15-9-19(18-23(22)28-4)10-16-24(27)25-20-11-13-21(14-12-20)26(2)3/h9-16,18H,5-8,17H2,1-4H3,(H,25,27). The van der Waals surface area contributed by atoms with Gasteiger partial charge in [0.2, 0.25) is 5.91 Å². The van der Waals surface area contributed by atoms with Crippen LogP contribution in [0.3, 0.4) is 0 Å². The Morgan fingerprint density at radius 2 is 1.79 bits per heavy atom. The third kappa shape index (κ3) is 7.53. The summed E-state index contributed by atoms with van der Waals surface area (Å²) in [5.74, 6) is 1.21. The zero-order chi connectivity index (χ0) is 21.1. The molecule has 0 atom stereocenters. The van der Waals surface area contributed by atoms with Crippen LogP contribution in [0.2, 0.25) is 0 Å². The Morgan fingerprint density at radius 3 is 2.45 bits per heavy atom. The van der Waals surface area contributed by atoms with Crippen LogP contribution in [0.25, 0.3) is 6.08 Å². The number of methoxy groups -OCH3 is 1. The van der Waals surface area contributed by atoms with Crippen LogP contribution in [-0.2, 0) is 4.79 Å². The second kappa shape index (κ2) is 11.8. The van der Waals surface area contributed by atoms with Crippen LogP contribution in [0.15, 0.2) is 48.5 Å². The molecule has 2 aromatic rings. The molecule has 5 heteroatoms. The van der Waals surface area contributed by atoms with Gasteiger partial charge in [-0.1, -0.05) is 32.3 Å². The summed E-state index contributed by atoms with van der Waals surface area (Å²) in [6.07, 6.45) is 7.92. The van der Waals surface area contributed by atoms with E-state index >= 15 is 0 Å². The molecule has 0 aliphatic carbocycles. The second-order valence-corrected chi connectivity index (χ2v) is 7.08. The number of unbranched alkanes of at least 4 members (excludes halogenated alkanes) is 3. The van der Waals surface area contributed by atoms with E-state index in [9.17, 15) is 4.79 Å². The minimum atomic E-state index is -0.183. The predicted octanol–water partition coefficient (Wildman–Crippen LogP) is 5.37. The zero-order valence-electron chi connectivity index (χ0n) is 17.9. The first-order valence-corrected chi connectivity index (χ1v) is 10.1. The van der Waals surface area contributed by atoms with E-state index in [4.69, 9.17) is 9.47 Å². The number of ether oxygens (including phenoxy) is 2. The Hall–Kier alpha value is -2.95. The van der Waals surface area contributed by atoms with Crippen molar-refractivity contribution in [2.75, 3.05) is 38.0 Å². The van der Waals surface area contributed by atoms with Crippen molar-refractivity contribution >= 4 is 23.4 Å². The van der Waals surface area contributed by atoms with Gasteiger partial charge < -0.3 is 19.7 Å². The van der Waals surface area contributed by atoms with Crippen LogP contribution in [0.4, 0.5) is 11.4 Å². The molecule has 0 fully saturated rings. The Morgan fingerprint density at radius 1 is 1.03 bits per heavy atom. The largest absolute Gasteiger partial charge is 0.493 e. The van der Waals surface area contributed by atoms with Crippen molar-refractivity contribution in [2.45, 2.75) is 32.6 Å². The van der Waals surface area contributed by atoms with Gasteiger partial charge in [0.05, 0.1) is 13.7 Å². The molecular weight excluding hydrogens is 364 g/mol. The van der Waals surface area contributed by atoms with Gasteiger partial charge in [-0.15, -0.1) is 0 Å². The van der Waals surface area contributed by atoms with Crippen molar-refractivity contribution in [1.82, 2.24) is 0 Å². The fourth-order valence-corrected chi connectivity index (χ4v) is 2.82. The monoisotopic (exact) mass is 396 g/mol. The molecule has 1 N–H and O–H groups in total. The average Bonchev–Trinajstić information content (AvgIpc) is 2.73. The maximum Gasteiger partial charge on any atom is 0.248 e. The number of hydrogen-bond donors (Lipinski definition) is 1. The molecule has 0 radical (unpaired) electrons. The van der Waals surface area contributed by atoms with Crippen molar-refractivity contribution in [3.05, 3.63) is 54.1 Å². The minimum absolute atomic E-state index is 0.183. The van der Waals surface area contributed by atoms with E-state index in [2.05, 4.69) is 12.2 Å². The molecule has 2 aromatic carbocycles. The van der Waals surface area contributed by atoms with Gasteiger partial charge in [0.1, 0.15) is 0 Å². The lowest BCUT2D eigenvalue weighted by molar-refractivity contribution is -0.111. The van der Waals surface area contributed by atoms with Crippen LogP contribution in [-0.4, -0.2) is 33.7 Å². The quantitative estimate of drug-likeness (QED) is 0.410. The lowest BCUT2D eigenvalue weighted by Gasteiger charge is -2.12. The second-order valence-electron chi connectivity index (χ2n) is 7.08. The summed E-state index contributed by atoms with van der Waals surface area (Å²) in [6.45, 7) is 2.87. The van der Waals surface area contributed by atoms with Crippen LogP contribution in [0.5, 0.6) is 11.5 Å². The predicted molar refractivity (Wildman–Crippen MR) is 121 cm³/mol. The third-order valence-corrected chi connectivity index (χ3v) is 4.52. The van der Waals surface area contributed by atoms with Gasteiger partial charge >= 0.3 is 0 Å². The first-order valence-electron chi connectivity index (χ1n) is 10.1. The minimum Gasteiger partial charge on any atom is -0.493 e. The lowest BCUT2D eigenvalue weighted by Crippen LogP contribution is -2.10. The molecule has 0 bridgehead atoms. The van der Waals surface area contributed by atoms with Crippen LogP contribution < -0.4 is 19.7 Å². The SMILES string of the molecule is CCCCCCOc1ccc(C=CC(=O)Nc2ccc(N(C)C)cc2)cc1OC. The van der Waals surface area contributed by atoms with Crippen LogP contribution in [0, 0.1) is 0 Å². The first kappa shape index (κ1) is 22.3. The van der Waals surface area contributed by atoms with Gasteiger partial charge in [0.25, 0.3) is 0 Å². The summed E-state index contributed by atoms with van der Waals surface area (Å²) in [5, 5.41) is 2.86. The topological polar surface area (TPSA) is 50.8 Å². The lowest BCUT2D eigenvalue weighted by atomic mass is 10.2.